The third kappa shape index (κ3) is 4.15. The molecule has 0 heterocycles. The van der Waals surface area contributed by atoms with E-state index in [1.807, 2.05) is 30.3 Å². The number of carbonyl (C=O) groups excluding carboxylic acids is 1. The maximum absolute atomic E-state index is 12.3. The zero-order valence-corrected chi connectivity index (χ0v) is 14.6. The number of rotatable bonds is 4. The van der Waals surface area contributed by atoms with E-state index in [0.717, 1.165) is 9.13 Å². The fraction of sp³-hybridized carbons (Fsp3) is 0.0667. The van der Waals surface area contributed by atoms with Crippen molar-refractivity contribution in [3.8, 4) is 0 Å². The van der Waals surface area contributed by atoms with Gasteiger partial charge in [-0.1, -0.05) is 54.2 Å². The van der Waals surface area contributed by atoms with Crippen molar-refractivity contribution in [1.29, 1.82) is 0 Å². The Kier molecular flexibility index (Phi) is 5.55. The molecule has 21 heavy (non-hydrogen) atoms. The van der Waals surface area contributed by atoms with Crippen LogP contribution in [0.5, 0.6) is 0 Å². The van der Waals surface area contributed by atoms with E-state index in [1.165, 1.54) is 0 Å². The third-order valence-electron chi connectivity index (χ3n) is 2.87. The molecule has 0 spiro atoms. The highest BCUT2D eigenvalue weighted by Gasteiger charge is 2.18. The van der Waals surface area contributed by atoms with Gasteiger partial charge >= 0.3 is 0 Å². The summed E-state index contributed by atoms with van der Waals surface area (Å²) in [5.41, 5.74) is 7.05. The Hall–Kier alpha value is -1.18. The Labute approximate surface area is 147 Å². The van der Waals surface area contributed by atoms with Crippen molar-refractivity contribution in [3.05, 3.63) is 68.3 Å². The summed E-state index contributed by atoms with van der Waals surface area (Å²) >= 11 is 13.2. The van der Waals surface area contributed by atoms with Crippen LogP contribution in [0.15, 0.2) is 48.5 Å². The quantitative estimate of drug-likeness (QED) is 0.574. The minimum absolute atomic E-state index is 0.214. The molecule has 0 aliphatic carbocycles. The molecule has 2 rings (SSSR count). The zero-order chi connectivity index (χ0) is 15.4. The molecule has 1 amide bonds. The first-order chi connectivity index (χ1) is 9.99. The number of nitrogens with two attached hydrogens (primary N) is 1. The molecular weight excluding hydrogens is 419 g/mol. The van der Waals surface area contributed by atoms with Gasteiger partial charge in [0.1, 0.15) is 11.0 Å². The molecule has 0 aromatic heterocycles. The summed E-state index contributed by atoms with van der Waals surface area (Å²) in [6.45, 7) is 0. The van der Waals surface area contributed by atoms with Gasteiger partial charge in [0.2, 0.25) is 0 Å². The van der Waals surface area contributed by atoms with E-state index >= 15 is 0 Å². The van der Waals surface area contributed by atoms with Crippen molar-refractivity contribution in [2.45, 2.75) is 6.04 Å². The van der Waals surface area contributed by atoms with Crippen LogP contribution in [0.4, 0.5) is 0 Å². The fourth-order valence-electron chi connectivity index (χ4n) is 1.82. The van der Waals surface area contributed by atoms with Gasteiger partial charge < -0.3 is 11.1 Å². The van der Waals surface area contributed by atoms with Gasteiger partial charge in [-0.2, -0.15) is 0 Å². The van der Waals surface area contributed by atoms with E-state index in [4.69, 9.17) is 29.6 Å². The molecule has 2 aromatic carbocycles. The van der Waals surface area contributed by atoms with Crippen molar-refractivity contribution >= 4 is 57.3 Å². The summed E-state index contributed by atoms with van der Waals surface area (Å²) in [6.07, 6.45) is 0. The second kappa shape index (κ2) is 7.20. The first-order valence-electron chi connectivity index (χ1n) is 6.09. The Bertz CT molecular complexity index is 679. The second-order valence-corrected chi connectivity index (χ2v) is 6.39. The first kappa shape index (κ1) is 16.2. The molecule has 2 aromatic rings. The molecule has 1 atom stereocenters. The lowest BCUT2D eigenvalue weighted by Gasteiger charge is -2.18. The Morgan fingerprint density at radius 2 is 1.90 bits per heavy atom. The molecule has 0 fully saturated rings. The van der Waals surface area contributed by atoms with Gasteiger partial charge in [0.05, 0.1) is 5.02 Å². The summed E-state index contributed by atoms with van der Waals surface area (Å²) < 4.78 is 0.889. The molecule has 0 aliphatic rings. The van der Waals surface area contributed by atoms with Crippen molar-refractivity contribution in [2.24, 2.45) is 5.73 Å². The van der Waals surface area contributed by atoms with Crippen LogP contribution in [0.25, 0.3) is 0 Å². The molecule has 3 N–H and O–H groups in total. The van der Waals surface area contributed by atoms with E-state index in [-0.39, 0.29) is 10.9 Å². The monoisotopic (exact) mass is 430 g/mol. The van der Waals surface area contributed by atoms with Crippen LogP contribution in [-0.2, 0) is 0 Å². The summed E-state index contributed by atoms with van der Waals surface area (Å²) in [5.74, 6) is -0.269. The standard InChI is InChI=1S/C15H12ClIN2OS/c16-11-8-10(6-7-12(11)17)15(20)19-13(14(18)21)9-4-2-1-3-5-9/h1-8,13H,(H2,18,21)(H,19,20). The predicted molar refractivity (Wildman–Crippen MR) is 97.6 cm³/mol. The molecule has 0 aliphatic heterocycles. The van der Waals surface area contributed by atoms with Crippen molar-refractivity contribution in [2.75, 3.05) is 0 Å². The van der Waals surface area contributed by atoms with Crippen molar-refractivity contribution < 1.29 is 4.79 Å². The van der Waals surface area contributed by atoms with Crippen molar-refractivity contribution in [3.63, 3.8) is 0 Å². The number of thiocarbonyl (C=S) groups is 1. The average Bonchev–Trinajstić information content (AvgIpc) is 2.48. The van der Waals surface area contributed by atoms with Crippen LogP contribution in [-0.4, -0.2) is 10.9 Å². The van der Waals surface area contributed by atoms with Gasteiger partial charge in [0, 0.05) is 9.13 Å². The number of halogens is 2. The SMILES string of the molecule is NC(=S)C(NC(=O)c1ccc(I)c(Cl)c1)c1ccccc1. The smallest absolute Gasteiger partial charge is 0.252 e. The van der Waals surface area contributed by atoms with Crippen LogP contribution >= 0.6 is 46.4 Å². The van der Waals surface area contributed by atoms with Crippen molar-refractivity contribution in [1.82, 2.24) is 5.32 Å². The Morgan fingerprint density at radius 1 is 1.24 bits per heavy atom. The van der Waals surface area contributed by atoms with Crippen LogP contribution in [0, 0.1) is 3.57 Å². The third-order valence-corrected chi connectivity index (χ3v) is 4.68. The van der Waals surface area contributed by atoms with Gasteiger partial charge in [0.25, 0.3) is 5.91 Å². The average molecular weight is 431 g/mol. The predicted octanol–water partition coefficient (Wildman–Crippen LogP) is 3.70. The Morgan fingerprint density at radius 3 is 2.48 bits per heavy atom. The van der Waals surface area contributed by atoms with Crippen LogP contribution in [0.3, 0.4) is 0 Å². The number of nitrogens with one attached hydrogen (secondary N) is 1. The maximum Gasteiger partial charge on any atom is 0.252 e. The summed E-state index contributed by atoms with van der Waals surface area (Å²) in [5, 5.41) is 3.37. The lowest BCUT2D eigenvalue weighted by Crippen LogP contribution is -2.36. The molecule has 0 saturated carbocycles. The van der Waals surface area contributed by atoms with E-state index < -0.39 is 6.04 Å². The minimum atomic E-state index is -0.508. The highest BCUT2D eigenvalue weighted by molar-refractivity contribution is 14.1. The highest BCUT2D eigenvalue weighted by Crippen LogP contribution is 2.20. The molecule has 6 heteroatoms. The molecule has 3 nitrogen and oxygen atoms in total. The number of benzene rings is 2. The molecule has 0 saturated heterocycles. The summed E-state index contributed by atoms with van der Waals surface area (Å²) in [4.78, 5) is 12.5. The fourth-order valence-corrected chi connectivity index (χ4v) is 2.53. The van der Waals surface area contributed by atoms with Crippen LogP contribution in [0.1, 0.15) is 22.0 Å². The number of hydrogen-bond acceptors (Lipinski definition) is 2. The van der Waals surface area contributed by atoms with E-state index in [0.29, 0.717) is 10.6 Å². The largest absolute Gasteiger partial charge is 0.391 e. The van der Waals surface area contributed by atoms with Crippen LogP contribution < -0.4 is 11.1 Å². The summed E-state index contributed by atoms with van der Waals surface area (Å²) in [7, 11) is 0. The molecule has 0 radical (unpaired) electrons. The molecule has 1 unspecified atom stereocenters. The number of hydrogen-bond donors (Lipinski definition) is 2. The zero-order valence-electron chi connectivity index (χ0n) is 10.8. The van der Waals surface area contributed by atoms with E-state index in [9.17, 15) is 4.79 Å². The van der Waals surface area contributed by atoms with Gasteiger partial charge in [-0.15, -0.1) is 0 Å². The van der Waals surface area contributed by atoms with E-state index in [2.05, 4.69) is 27.9 Å². The van der Waals surface area contributed by atoms with Gasteiger partial charge in [0.15, 0.2) is 0 Å². The first-order valence-corrected chi connectivity index (χ1v) is 7.95. The Balaban J connectivity index is 2.23. The lowest BCUT2D eigenvalue weighted by molar-refractivity contribution is 0.0947. The van der Waals surface area contributed by atoms with Crippen LogP contribution in [0.2, 0.25) is 5.02 Å². The minimum Gasteiger partial charge on any atom is -0.391 e. The topological polar surface area (TPSA) is 55.1 Å². The molecule has 0 bridgehead atoms. The summed E-state index contributed by atoms with van der Waals surface area (Å²) in [6, 6.07) is 14.0. The lowest BCUT2D eigenvalue weighted by atomic mass is 10.1. The highest BCUT2D eigenvalue weighted by atomic mass is 127. The van der Waals surface area contributed by atoms with Gasteiger partial charge in [-0.25, -0.2) is 0 Å². The second-order valence-electron chi connectivity index (χ2n) is 4.35. The maximum atomic E-state index is 12.3. The van der Waals surface area contributed by atoms with Gasteiger partial charge in [-0.3, -0.25) is 4.79 Å². The normalized spacial score (nSPS) is 11.7. The number of carbonyl (C=O) groups is 1. The number of amides is 1. The van der Waals surface area contributed by atoms with E-state index in [1.54, 1.807) is 18.2 Å². The molecule has 108 valence electrons. The molecular formula is C15H12ClIN2OS. The van der Waals surface area contributed by atoms with Gasteiger partial charge in [-0.05, 0) is 46.4 Å².